The molecule has 1 N–H and O–H groups in total. The molecule has 4 rings (SSSR count). The number of hydrogen-bond donors (Lipinski definition) is 1. The first kappa shape index (κ1) is 22.9. The molecule has 0 aliphatic heterocycles. The highest BCUT2D eigenvalue weighted by Crippen LogP contribution is 2.29. The van der Waals surface area contributed by atoms with Crippen LogP contribution in [-0.4, -0.2) is 30.6 Å². The van der Waals surface area contributed by atoms with Crippen LogP contribution in [0.3, 0.4) is 0 Å². The molecule has 0 fully saturated rings. The zero-order valence-electron chi connectivity index (χ0n) is 18.9. The van der Waals surface area contributed by atoms with E-state index in [1.54, 1.807) is 18.2 Å². The number of hydrogen-bond acceptors (Lipinski definition) is 5. The maximum atomic E-state index is 12.7. The molecular formula is C26H26BrN3O3. The van der Waals surface area contributed by atoms with Crippen LogP contribution in [0.4, 0.5) is 11.4 Å². The number of nitrogens with zero attached hydrogens (tertiary/aromatic N) is 2. The van der Waals surface area contributed by atoms with E-state index in [4.69, 9.17) is 9.15 Å². The lowest BCUT2D eigenvalue weighted by atomic mass is 10.2. The highest BCUT2D eigenvalue weighted by Gasteiger charge is 2.13. The van der Waals surface area contributed by atoms with E-state index in [1.807, 2.05) is 37.3 Å². The number of anilines is 2. The zero-order valence-corrected chi connectivity index (χ0v) is 20.5. The van der Waals surface area contributed by atoms with Crippen LogP contribution < -0.4 is 15.0 Å². The predicted octanol–water partition coefficient (Wildman–Crippen LogP) is 6.75. The predicted molar refractivity (Wildman–Crippen MR) is 136 cm³/mol. The molecule has 1 amide bonds. The SMILES string of the molecule is CCOc1ccc(C(=O)Nc2ccc3oc(-c4ccc(N(CC)CC)cc4)nc3c2)cc1Br. The molecule has 0 saturated heterocycles. The van der Waals surface area contributed by atoms with E-state index >= 15 is 0 Å². The number of nitrogens with one attached hydrogen (secondary N) is 1. The van der Waals surface area contributed by atoms with Crippen molar-refractivity contribution >= 4 is 44.3 Å². The fourth-order valence-electron chi connectivity index (χ4n) is 3.65. The van der Waals surface area contributed by atoms with Gasteiger partial charge in [0.05, 0.1) is 11.1 Å². The number of halogens is 1. The van der Waals surface area contributed by atoms with Crippen LogP contribution in [-0.2, 0) is 0 Å². The van der Waals surface area contributed by atoms with Gasteiger partial charge in [-0.3, -0.25) is 4.79 Å². The number of carbonyl (C=O) groups is 1. The zero-order chi connectivity index (χ0) is 23.4. The summed E-state index contributed by atoms with van der Waals surface area (Å²) in [5.74, 6) is 1.04. The first-order chi connectivity index (χ1) is 16.0. The van der Waals surface area contributed by atoms with Crippen molar-refractivity contribution in [1.29, 1.82) is 0 Å². The van der Waals surface area contributed by atoms with Crippen molar-refractivity contribution in [3.63, 3.8) is 0 Å². The molecule has 0 bridgehead atoms. The molecule has 1 aromatic heterocycles. The number of carbonyl (C=O) groups excluding carboxylic acids is 1. The first-order valence-electron chi connectivity index (χ1n) is 11.0. The molecule has 7 heteroatoms. The number of ether oxygens (including phenoxy) is 1. The number of amides is 1. The Hall–Kier alpha value is -3.32. The Balaban J connectivity index is 1.52. The molecule has 0 saturated carbocycles. The summed E-state index contributed by atoms with van der Waals surface area (Å²) in [6, 6.07) is 18.9. The fraction of sp³-hybridized carbons (Fsp3) is 0.231. The maximum absolute atomic E-state index is 12.7. The Bertz CT molecular complexity index is 1260. The van der Waals surface area contributed by atoms with Crippen molar-refractivity contribution in [2.24, 2.45) is 0 Å². The molecule has 0 unspecified atom stereocenters. The Morgan fingerprint density at radius 3 is 2.45 bits per heavy atom. The van der Waals surface area contributed by atoms with Crippen LogP contribution in [0.15, 0.2) is 69.6 Å². The van der Waals surface area contributed by atoms with E-state index in [0.29, 0.717) is 40.6 Å². The second-order valence-corrected chi connectivity index (χ2v) is 8.31. The molecule has 4 aromatic rings. The summed E-state index contributed by atoms with van der Waals surface area (Å²) in [6.07, 6.45) is 0. The van der Waals surface area contributed by atoms with Crippen LogP contribution in [0.25, 0.3) is 22.6 Å². The Kier molecular flexibility index (Phi) is 6.99. The molecule has 6 nitrogen and oxygen atoms in total. The van der Waals surface area contributed by atoms with Gasteiger partial charge in [-0.2, -0.15) is 0 Å². The molecule has 0 atom stereocenters. The number of aromatic nitrogens is 1. The molecule has 0 radical (unpaired) electrons. The second-order valence-electron chi connectivity index (χ2n) is 7.45. The quantitative estimate of drug-likeness (QED) is 0.285. The summed E-state index contributed by atoms with van der Waals surface area (Å²) in [5, 5.41) is 2.92. The fourth-order valence-corrected chi connectivity index (χ4v) is 4.14. The first-order valence-corrected chi connectivity index (χ1v) is 11.8. The van der Waals surface area contributed by atoms with Gasteiger partial charge in [0.2, 0.25) is 5.89 Å². The lowest BCUT2D eigenvalue weighted by molar-refractivity contribution is 0.102. The molecule has 33 heavy (non-hydrogen) atoms. The summed E-state index contributed by atoms with van der Waals surface area (Å²) in [5.41, 5.74) is 4.61. The van der Waals surface area contributed by atoms with Crippen LogP contribution >= 0.6 is 15.9 Å². The number of fused-ring (bicyclic) bond motifs is 1. The smallest absolute Gasteiger partial charge is 0.255 e. The number of rotatable bonds is 8. The van der Waals surface area contributed by atoms with Crippen LogP contribution in [0.2, 0.25) is 0 Å². The lowest BCUT2D eigenvalue weighted by Gasteiger charge is -2.20. The molecule has 170 valence electrons. The molecule has 0 spiro atoms. The molecule has 0 aliphatic rings. The van der Waals surface area contributed by atoms with Gasteiger partial charge in [-0.25, -0.2) is 4.98 Å². The van der Waals surface area contributed by atoms with Crippen LogP contribution in [0, 0.1) is 0 Å². The van der Waals surface area contributed by atoms with E-state index in [0.717, 1.165) is 23.1 Å². The third-order valence-corrected chi connectivity index (χ3v) is 6.00. The van der Waals surface area contributed by atoms with Crippen molar-refractivity contribution < 1.29 is 13.9 Å². The average Bonchev–Trinajstić information content (AvgIpc) is 3.25. The van der Waals surface area contributed by atoms with Gasteiger partial charge in [0.1, 0.15) is 11.3 Å². The Labute approximate surface area is 201 Å². The summed E-state index contributed by atoms with van der Waals surface area (Å²) < 4.78 is 12.2. The van der Waals surface area contributed by atoms with Gasteiger partial charge in [-0.05, 0) is 97.4 Å². The third kappa shape index (κ3) is 5.03. The van der Waals surface area contributed by atoms with Crippen LogP contribution in [0.5, 0.6) is 5.75 Å². The largest absolute Gasteiger partial charge is 0.493 e. The topological polar surface area (TPSA) is 67.6 Å². The van der Waals surface area contributed by atoms with E-state index in [1.165, 1.54) is 5.69 Å². The summed E-state index contributed by atoms with van der Waals surface area (Å²) in [6.45, 7) is 8.68. The minimum atomic E-state index is -0.214. The monoisotopic (exact) mass is 507 g/mol. The third-order valence-electron chi connectivity index (χ3n) is 5.38. The van der Waals surface area contributed by atoms with Gasteiger partial charge in [0.25, 0.3) is 5.91 Å². The van der Waals surface area contributed by atoms with Gasteiger partial charge in [0.15, 0.2) is 5.58 Å². The van der Waals surface area contributed by atoms with Gasteiger partial charge in [-0.15, -0.1) is 0 Å². The van der Waals surface area contributed by atoms with E-state index < -0.39 is 0 Å². The number of oxazole rings is 1. The van der Waals surface area contributed by atoms with Crippen molar-refractivity contribution in [3.8, 4) is 17.2 Å². The second kappa shape index (κ2) is 10.1. The van der Waals surface area contributed by atoms with Crippen molar-refractivity contribution in [2.75, 3.05) is 29.9 Å². The summed E-state index contributed by atoms with van der Waals surface area (Å²) >= 11 is 3.45. The molecule has 0 aliphatic carbocycles. The van der Waals surface area contributed by atoms with Gasteiger partial charge in [-0.1, -0.05) is 0 Å². The van der Waals surface area contributed by atoms with Crippen LogP contribution in [0.1, 0.15) is 31.1 Å². The highest BCUT2D eigenvalue weighted by molar-refractivity contribution is 9.10. The average molecular weight is 508 g/mol. The molecule has 1 heterocycles. The van der Waals surface area contributed by atoms with E-state index in [-0.39, 0.29) is 5.91 Å². The Morgan fingerprint density at radius 1 is 1.03 bits per heavy atom. The molecular weight excluding hydrogens is 482 g/mol. The molecule has 3 aromatic carbocycles. The van der Waals surface area contributed by atoms with Gasteiger partial charge >= 0.3 is 0 Å². The Morgan fingerprint density at radius 2 is 1.79 bits per heavy atom. The summed E-state index contributed by atoms with van der Waals surface area (Å²) in [4.78, 5) is 19.6. The van der Waals surface area contributed by atoms with Crippen molar-refractivity contribution in [3.05, 3.63) is 70.7 Å². The number of benzene rings is 3. The van der Waals surface area contributed by atoms with Crippen molar-refractivity contribution in [2.45, 2.75) is 20.8 Å². The normalized spacial score (nSPS) is 10.9. The maximum Gasteiger partial charge on any atom is 0.255 e. The minimum absolute atomic E-state index is 0.214. The summed E-state index contributed by atoms with van der Waals surface area (Å²) in [7, 11) is 0. The van der Waals surface area contributed by atoms with Gasteiger partial charge in [0, 0.05) is 35.6 Å². The van der Waals surface area contributed by atoms with E-state index in [2.05, 4.69) is 57.1 Å². The van der Waals surface area contributed by atoms with Crippen molar-refractivity contribution in [1.82, 2.24) is 4.98 Å². The van der Waals surface area contributed by atoms with E-state index in [9.17, 15) is 4.79 Å². The lowest BCUT2D eigenvalue weighted by Crippen LogP contribution is -2.21. The van der Waals surface area contributed by atoms with Gasteiger partial charge < -0.3 is 19.4 Å². The minimum Gasteiger partial charge on any atom is -0.493 e. The standard InChI is InChI=1S/C26H26BrN3O3/c1-4-30(5-2)20-11-7-17(8-12-20)26-29-22-16-19(10-14-24(22)33-26)28-25(31)18-9-13-23(32-6-3)21(27)15-18/h7-16H,4-6H2,1-3H3,(H,28,31). The highest BCUT2D eigenvalue weighted by atomic mass is 79.9.